The lowest BCUT2D eigenvalue weighted by molar-refractivity contribution is 0.117. The van der Waals surface area contributed by atoms with Gasteiger partial charge in [0.1, 0.15) is 0 Å². The molecule has 0 saturated carbocycles. The van der Waals surface area contributed by atoms with E-state index in [1.54, 1.807) is 0 Å². The van der Waals surface area contributed by atoms with E-state index in [1.807, 2.05) is 0 Å². The van der Waals surface area contributed by atoms with Gasteiger partial charge < -0.3 is 5.73 Å². The van der Waals surface area contributed by atoms with Crippen LogP contribution in [0.2, 0.25) is 0 Å². The van der Waals surface area contributed by atoms with Crippen molar-refractivity contribution in [1.29, 1.82) is 0 Å². The Morgan fingerprint density at radius 1 is 1.25 bits per heavy atom. The van der Waals surface area contributed by atoms with Gasteiger partial charge in [-0.15, -0.1) is 0 Å². The molecule has 0 aliphatic heterocycles. The maximum absolute atomic E-state index is 5.70. The summed E-state index contributed by atoms with van der Waals surface area (Å²) in [6.45, 7) is 10.8. The zero-order chi connectivity index (χ0) is 9.61. The summed E-state index contributed by atoms with van der Waals surface area (Å²) in [6.07, 6.45) is 3.66. The minimum absolute atomic E-state index is 0.268. The summed E-state index contributed by atoms with van der Waals surface area (Å²) in [5, 5.41) is 0. The fourth-order valence-corrected chi connectivity index (χ4v) is 1.21. The van der Waals surface area contributed by atoms with Gasteiger partial charge in [-0.05, 0) is 33.2 Å². The second-order valence-corrected chi connectivity index (χ2v) is 3.97. The third kappa shape index (κ3) is 3.55. The predicted octanol–water partition coefficient (Wildman–Crippen LogP) is 2.19. The molecular weight excluding hydrogens is 148 g/mol. The molecule has 0 heterocycles. The molecule has 0 unspecified atom stereocenters. The molecule has 0 amide bonds. The molecule has 0 aromatic carbocycles. The van der Waals surface area contributed by atoms with Gasteiger partial charge in [0.15, 0.2) is 0 Å². The molecule has 0 fully saturated rings. The molecule has 12 heavy (non-hydrogen) atoms. The van der Waals surface area contributed by atoms with Crippen LogP contribution >= 0.6 is 0 Å². The molecular formula is C10H24N2. The van der Waals surface area contributed by atoms with Crippen LogP contribution in [0.25, 0.3) is 0 Å². The molecule has 0 aliphatic carbocycles. The van der Waals surface area contributed by atoms with Gasteiger partial charge in [0.25, 0.3) is 0 Å². The van der Waals surface area contributed by atoms with Crippen molar-refractivity contribution in [3.8, 4) is 0 Å². The van der Waals surface area contributed by atoms with Crippen molar-refractivity contribution in [3.63, 3.8) is 0 Å². The molecule has 0 radical (unpaired) electrons. The Labute approximate surface area is 77.1 Å². The average Bonchev–Trinajstić information content (AvgIpc) is 2.05. The first kappa shape index (κ1) is 11.9. The molecule has 0 atom stereocenters. The lowest BCUT2D eigenvalue weighted by Crippen LogP contribution is -2.47. The summed E-state index contributed by atoms with van der Waals surface area (Å²) in [5.74, 6) is 0. The number of unbranched alkanes of at least 4 members (excludes halogenated alkanes) is 1. The maximum Gasteiger partial charge on any atom is 0.0460 e. The highest BCUT2D eigenvalue weighted by atomic mass is 15.2. The van der Waals surface area contributed by atoms with E-state index < -0.39 is 0 Å². The Bertz CT molecular complexity index is 110. The number of hydrogen-bond donors (Lipinski definition) is 1. The Hall–Kier alpha value is -0.0800. The lowest BCUT2D eigenvalue weighted by atomic mass is 9.99. The van der Waals surface area contributed by atoms with E-state index >= 15 is 0 Å². The highest BCUT2D eigenvalue weighted by molar-refractivity contribution is 4.78. The quantitative estimate of drug-likeness (QED) is 0.622. The Kier molecular flexibility index (Phi) is 5.51. The predicted molar refractivity (Wildman–Crippen MR) is 55.0 cm³/mol. The molecule has 2 nitrogen and oxygen atoms in total. The van der Waals surface area contributed by atoms with Crippen molar-refractivity contribution in [2.45, 2.75) is 52.5 Å². The normalized spacial score (nSPS) is 12.5. The van der Waals surface area contributed by atoms with Crippen LogP contribution in [0.4, 0.5) is 0 Å². The van der Waals surface area contributed by atoms with Gasteiger partial charge in [0.05, 0.1) is 0 Å². The van der Waals surface area contributed by atoms with Crippen LogP contribution in [-0.2, 0) is 0 Å². The molecule has 0 rings (SSSR count). The Morgan fingerprint density at radius 2 is 1.83 bits per heavy atom. The van der Waals surface area contributed by atoms with Crippen LogP contribution in [0.3, 0.4) is 0 Å². The van der Waals surface area contributed by atoms with Crippen molar-refractivity contribution in [1.82, 2.24) is 4.90 Å². The van der Waals surface area contributed by atoms with E-state index in [2.05, 4.69) is 32.6 Å². The number of rotatable bonds is 6. The van der Waals surface area contributed by atoms with E-state index in [4.69, 9.17) is 5.73 Å². The van der Waals surface area contributed by atoms with Crippen molar-refractivity contribution in [2.24, 2.45) is 5.73 Å². The average molecular weight is 172 g/mol. The highest BCUT2D eigenvalue weighted by Gasteiger charge is 2.22. The van der Waals surface area contributed by atoms with Crippen LogP contribution in [-0.4, -0.2) is 23.7 Å². The monoisotopic (exact) mass is 172 g/mol. The molecule has 2 heteroatoms. The fraction of sp³-hybridized carbons (Fsp3) is 1.00. The highest BCUT2D eigenvalue weighted by Crippen LogP contribution is 2.17. The first-order valence-electron chi connectivity index (χ1n) is 5.03. The maximum atomic E-state index is 5.70. The van der Waals surface area contributed by atoms with E-state index in [1.165, 1.54) is 12.8 Å². The molecule has 0 bridgehead atoms. The zero-order valence-electron chi connectivity index (χ0n) is 9.06. The lowest BCUT2D eigenvalue weighted by Gasteiger charge is -2.36. The van der Waals surface area contributed by atoms with Gasteiger partial charge in [-0.2, -0.15) is 0 Å². The topological polar surface area (TPSA) is 29.3 Å². The van der Waals surface area contributed by atoms with Gasteiger partial charge >= 0.3 is 0 Å². The fourth-order valence-electron chi connectivity index (χ4n) is 1.21. The summed E-state index contributed by atoms with van der Waals surface area (Å²) in [6, 6.07) is 0. The standard InChI is InChI=1S/C10H24N2/c1-5-7-8-12(9-11)10(3,4)6-2/h5-9,11H2,1-4H3. The Morgan fingerprint density at radius 3 is 2.17 bits per heavy atom. The van der Waals surface area contributed by atoms with Gasteiger partial charge in [0.2, 0.25) is 0 Å². The van der Waals surface area contributed by atoms with Gasteiger partial charge in [-0.25, -0.2) is 0 Å². The molecule has 0 aromatic heterocycles. The van der Waals surface area contributed by atoms with Crippen molar-refractivity contribution in [2.75, 3.05) is 13.2 Å². The zero-order valence-corrected chi connectivity index (χ0v) is 9.06. The first-order chi connectivity index (χ1) is 5.58. The van der Waals surface area contributed by atoms with Crippen LogP contribution in [0.5, 0.6) is 0 Å². The molecule has 0 aliphatic rings. The third-order valence-electron chi connectivity index (χ3n) is 2.72. The van der Waals surface area contributed by atoms with Gasteiger partial charge in [-0.1, -0.05) is 20.3 Å². The van der Waals surface area contributed by atoms with Crippen LogP contribution in [0.1, 0.15) is 47.0 Å². The minimum Gasteiger partial charge on any atom is -0.318 e. The summed E-state index contributed by atoms with van der Waals surface area (Å²) in [5.41, 5.74) is 5.97. The van der Waals surface area contributed by atoms with Gasteiger partial charge in [0, 0.05) is 12.2 Å². The van der Waals surface area contributed by atoms with Crippen LogP contribution in [0, 0.1) is 0 Å². The number of nitrogens with two attached hydrogens (primary N) is 1. The van der Waals surface area contributed by atoms with E-state index in [9.17, 15) is 0 Å². The van der Waals surface area contributed by atoms with E-state index in [-0.39, 0.29) is 5.54 Å². The molecule has 74 valence electrons. The molecule has 0 spiro atoms. The van der Waals surface area contributed by atoms with Crippen molar-refractivity contribution < 1.29 is 0 Å². The molecule has 2 N–H and O–H groups in total. The minimum atomic E-state index is 0.268. The number of nitrogens with zero attached hydrogens (tertiary/aromatic N) is 1. The largest absolute Gasteiger partial charge is 0.318 e. The van der Waals surface area contributed by atoms with Crippen LogP contribution < -0.4 is 5.73 Å². The summed E-state index contributed by atoms with van der Waals surface area (Å²) >= 11 is 0. The van der Waals surface area contributed by atoms with Crippen molar-refractivity contribution >= 4 is 0 Å². The van der Waals surface area contributed by atoms with E-state index in [0.717, 1.165) is 13.0 Å². The smallest absolute Gasteiger partial charge is 0.0460 e. The summed E-state index contributed by atoms with van der Waals surface area (Å²) < 4.78 is 0. The molecule has 0 saturated heterocycles. The third-order valence-corrected chi connectivity index (χ3v) is 2.72. The SMILES string of the molecule is CCCCN(CN)C(C)(C)CC. The van der Waals surface area contributed by atoms with E-state index in [0.29, 0.717) is 6.67 Å². The number of hydrogen-bond acceptors (Lipinski definition) is 2. The van der Waals surface area contributed by atoms with Crippen molar-refractivity contribution in [3.05, 3.63) is 0 Å². The second kappa shape index (κ2) is 5.55. The second-order valence-electron chi connectivity index (χ2n) is 3.97. The summed E-state index contributed by atoms with van der Waals surface area (Å²) in [4.78, 5) is 2.36. The summed E-state index contributed by atoms with van der Waals surface area (Å²) in [7, 11) is 0. The van der Waals surface area contributed by atoms with Crippen LogP contribution in [0.15, 0.2) is 0 Å². The van der Waals surface area contributed by atoms with Gasteiger partial charge in [-0.3, -0.25) is 4.90 Å². The first-order valence-corrected chi connectivity index (χ1v) is 5.03. The molecule has 0 aromatic rings. The Balaban J connectivity index is 3.95.